The van der Waals surface area contributed by atoms with Gasteiger partial charge in [-0.25, -0.2) is 13.1 Å². The lowest BCUT2D eigenvalue weighted by Crippen LogP contribution is -2.22. The summed E-state index contributed by atoms with van der Waals surface area (Å²) < 4.78 is 26.8. The Bertz CT molecular complexity index is 484. The van der Waals surface area contributed by atoms with Gasteiger partial charge in [-0.15, -0.1) is 11.3 Å². The van der Waals surface area contributed by atoms with E-state index < -0.39 is 10.0 Å². The van der Waals surface area contributed by atoms with Crippen molar-refractivity contribution in [3.8, 4) is 0 Å². The van der Waals surface area contributed by atoms with Crippen LogP contribution in [-0.4, -0.2) is 15.0 Å². The quantitative estimate of drug-likeness (QED) is 0.851. The van der Waals surface area contributed by atoms with E-state index in [-0.39, 0.29) is 10.8 Å². The maximum absolute atomic E-state index is 11.8. The molecule has 0 radical (unpaired) electrons. The number of sulfonamides is 1. The van der Waals surface area contributed by atoms with Crippen LogP contribution in [0.25, 0.3) is 0 Å². The summed E-state index contributed by atoms with van der Waals surface area (Å²) in [6, 6.07) is 1.43. The molecule has 0 spiro atoms. The third-order valence-corrected chi connectivity index (χ3v) is 6.04. The standard InChI is InChI=1S/C9H11BrClNO2S2/c1-6(2)3-4-12-16(13,14)8-5-7(11)9(10)15-8/h3,5,12H,4H2,1-2H3. The maximum Gasteiger partial charge on any atom is 0.250 e. The summed E-state index contributed by atoms with van der Waals surface area (Å²) in [6.45, 7) is 4.11. The summed E-state index contributed by atoms with van der Waals surface area (Å²) in [4.78, 5) is 0. The van der Waals surface area contributed by atoms with Crippen molar-refractivity contribution in [3.05, 3.63) is 26.5 Å². The van der Waals surface area contributed by atoms with Gasteiger partial charge >= 0.3 is 0 Å². The molecule has 0 bridgehead atoms. The second-order valence-electron chi connectivity index (χ2n) is 3.32. The summed E-state index contributed by atoms with van der Waals surface area (Å²) in [6.07, 6.45) is 1.81. The molecule has 0 aliphatic rings. The molecule has 0 amide bonds. The van der Waals surface area contributed by atoms with Gasteiger partial charge in [-0.1, -0.05) is 23.3 Å². The molecule has 16 heavy (non-hydrogen) atoms. The molecular formula is C9H11BrClNO2S2. The number of halogens is 2. The van der Waals surface area contributed by atoms with Crippen LogP contribution in [0.15, 0.2) is 25.7 Å². The Balaban J connectivity index is 2.82. The summed E-state index contributed by atoms with van der Waals surface area (Å²) >= 11 is 10.1. The van der Waals surface area contributed by atoms with Gasteiger partial charge in [0, 0.05) is 6.54 Å². The third-order valence-electron chi connectivity index (χ3n) is 1.67. The predicted octanol–water partition coefficient (Wildman–Crippen LogP) is 3.41. The largest absolute Gasteiger partial charge is 0.250 e. The summed E-state index contributed by atoms with van der Waals surface area (Å²) in [5.41, 5.74) is 1.06. The van der Waals surface area contributed by atoms with Crippen molar-refractivity contribution < 1.29 is 8.42 Å². The molecule has 0 fully saturated rings. The molecule has 0 atom stereocenters. The van der Waals surface area contributed by atoms with E-state index in [9.17, 15) is 8.42 Å². The monoisotopic (exact) mass is 343 g/mol. The summed E-state index contributed by atoms with van der Waals surface area (Å²) in [5.74, 6) is 0. The molecule has 0 aliphatic carbocycles. The van der Waals surface area contributed by atoms with Crippen molar-refractivity contribution in [1.82, 2.24) is 4.72 Å². The second kappa shape index (κ2) is 5.64. The lowest BCUT2D eigenvalue weighted by molar-refractivity contribution is 0.587. The van der Waals surface area contributed by atoms with E-state index in [1.165, 1.54) is 6.07 Å². The molecule has 0 aromatic carbocycles. The van der Waals surface area contributed by atoms with Gasteiger partial charge in [0.2, 0.25) is 10.0 Å². The van der Waals surface area contributed by atoms with E-state index in [1.54, 1.807) is 0 Å². The molecule has 3 nitrogen and oxygen atoms in total. The van der Waals surface area contributed by atoms with Gasteiger partial charge in [-0.2, -0.15) is 0 Å². The van der Waals surface area contributed by atoms with Gasteiger partial charge < -0.3 is 0 Å². The predicted molar refractivity (Wildman–Crippen MR) is 71.6 cm³/mol. The highest BCUT2D eigenvalue weighted by molar-refractivity contribution is 9.11. The van der Waals surface area contributed by atoms with Crippen molar-refractivity contribution in [1.29, 1.82) is 0 Å². The van der Waals surface area contributed by atoms with Crippen LogP contribution in [-0.2, 0) is 10.0 Å². The third kappa shape index (κ3) is 3.85. The highest BCUT2D eigenvalue weighted by Gasteiger charge is 2.17. The van der Waals surface area contributed by atoms with Gasteiger partial charge in [-0.3, -0.25) is 0 Å². The topological polar surface area (TPSA) is 46.2 Å². The van der Waals surface area contributed by atoms with Crippen LogP contribution in [0.1, 0.15) is 13.8 Å². The average Bonchev–Trinajstić information content (AvgIpc) is 2.46. The highest BCUT2D eigenvalue weighted by Crippen LogP contribution is 2.34. The van der Waals surface area contributed by atoms with Crippen LogP contribution in [0.3, 0.4) is 0 Å². The van der Waals surface area contributed by atoms with Gasteiger partial charge in [0.15, 0.2) is 0 Å². The highest BCUT2D eigenvalue weighted by atomic mass is 79.9. The molecule has 1 heterocycles. The Morgan fingerprint density at radius 1 is 1.62 bits per heavy atom. The zero-order chi connectivity index (χ0) is 12.3. The van der Waals surface area contributed by atoms with E-state index >= 15 is 0 Å². The molecule has 1 N–H and O–H groups in total. The fourth-order valence-corrected chi connectivity index (χ4v) is 4.29. The van der Waals surface area contributed by atoms with Crippen molar-refractivity contribution in [2.24, 2.45) is 0 Å². The van der Waals surface area contributed by atoms with E-state index in [2.05, 4.69) is 20.7 Å². The lowest BCUT2D eigenvalue weighted by atomic mass is 10.3. The van der Waals surface area contributed by atoms with Crippen LogP contribution in [0.2, 0.25) is 5.02 Å². The second-order valence-corrected chi connectivity index (χ2v) is 8.09. The number of nitrogens with one attached hydrogen (secondary N) is 1. The smallest absolute Gasteiger partial charge is 0.207 e. The Morgan fingerprint density at radius 3 is 2.69 bits per heavy atom. The van der Waals surface area contributed by atoms with Crippen molar-refractivity contribution >= 4 is 48.9 Å². The summed E-state index contributed by atoms with van der Waals surface area (Å²) in [5, 5.41) is 0.410. The molecule has 7 heteroatoms. The first kappa shape index (κ1) is 14.2. The molecule has 0 saturated carbocycles. The number of hydrogen-bond donors (Lipinski definition) is 1. The number of rotatable bonds is 4. The Hall–Kier alpha value is 0.120. The van der Waals surface area contributed by atoms with Crippen LogP contribution in [0, 0.1) is 0 Å². The molecular weight excluding hydrogens is 334 g/mol. The Morgan fingerprint density at radius 2 is 2.25 bits per heavy atom. The molecule has 0 unspecified atom stereocenters. The van der Waals surface area contributed by atoms with Crippen molar-refractivity contribution in [2.75, 3.05) is 6.54 Å². The van der Waals surface area contributed by atoms with Gasteiger partial charge in [0.1, 0.15) is 4.21 Å². The van der Waals surface area contributed by atoms with Crippen molar-refractivity contribution in [2.45, 2.75) is 18.1 Å². The van der Waals surface area contributed by atoms with Crippen LogP contribution in [0.4, 0.5) is 0 Å². The first-order valence-corrected chi connectivity index (χ1v) is 7.88. The van der Waals surface area contributed by atoms with Crippen LogP contribution in [0.5, 0.6) is 0 Å². The minimum absolute atomic E-state index is 0.214. The first-order chi connectivity index (χ1) is 7.33. The molecule has 1 rings (SSSR count). The zero-order valence-electron chi connectivity index (χ0n) is 8.75. The number of allylic oxidation sites excluding steroid dienone is 1. The van der Waals surface area contributed by atoms with Gasteiger partial charge in [0.05, 0.1) is 8.81 Å². The first-order valence-electron chi connectivity index (χ1n) is 4.41. The zero-order valence-corrected chi connectivity index (χ0v) is 12.7. The minimum Gasteiger partial charge on any atom is -0.207 e. The van der Waals surface area contributed by atoms with E-state index in [1.807, 2.05) is 19.9 Å². The maximum atomic E-state index is 11.8. The Kier molecular flexibility index (Phi) is 5.00. The number of thiophene rings is 1. The average molecular weight is 345 g/mol. The molecule has 1 aromatic rings. The van der Waals surface area contributed by atoms with E-state index in [4.69, 9.17) is 11.6 Å². The molecule has 1 aromatic heterocycles. The number of hydrogen-bond acceptors (Lipinski definition) is 3. The normalized spacial score (nSPS) is 11.5. The van der Waals surface area contributed by atoms with Gasteiger partial charge in [0.25, 0.3) is 0 Å². The Labute approximate surface area is 113 Å². The lowest BCUT2D eigenvalue weighted by Gasteiger charge is -2.01. The van der Waals surface area contributed by atoms with E-state index in [0.29, 0.717) is 8.81 Å². The molecule has 0 saturated heterocycles. The fourth-order valence-electron chi connectivity index (χ4n) is 0.886. The summed E-state index contributed by atoms with van der Waals surface area (Å²) in [7, 11) is -3.45. The minimum atomic E-state index is -3.45. The fraction of sp³-hybridized carbons (Fsp3) is 0.333. The van der Waals surface area contributed by atoms with E-state index in [0.717, 1.165) is 16.9 Å². The van der Waals surface area contributed by atoms with Crippen LogP contribution < -0.4 is 4.72 Å². The van der Waals surface area contributed by atoms with Gasteiger partial charge in [-0.05, 0) is 35.8 Å². The molecule has 90 valence electrons. The SMILES string of the molecule is CC(C)=CCNS(=O)(=O)c1cc(Cl)c(Br)s1. The van der Waals surface area contributed by atoms with Crippen LogP contribution >= 0.6 is 38.9 Å². The molecule has 0 aliphatic heterocycles. The van der Waals surface area contributed by atoms with Crippen molar-refractivity contribution in [3.63, 3.8) is 0 Å².